The van der Waals surface area contributed by atoms with Crippen LogP contribution in [0.15, 0.2) is 16.9 Å². The number of methoxy groups -OCH3 is 1. The van der Waals surface area contributed by atoms with Gasteiger partial charge < -0.3 is 9.47 Å². The maximum Gasteiger partial charge on any atom is 0.350 e. The highest BCUT2D eigenvalue weighted by atomic mass is 79.9. The van der Waals surface area contributed by atoms with Gasteiger partial charge in [-0.15, -0.1) is 0 Å². The standard InChI is InChI=1S/C10H9BrN2O5/c1-17-9(14)10(2-3-10)18-7-5-12-8(11)4-6(7)13(15)16/h4-5H,2-3H2,1H3. The molecule has 96 valence electrons. The molecule has 1 heterocycles. The summed E-state index contributed by atoms with van der Waals surface area (Å²) in [5.41, 5.74) is -1.33. The summed E-state index contributed by atoms with van der Waals surface area (Å²) >= 11 is 3.04. The summed E-state index contributed by atoms with van der Waals surface area (Å²) in [5, 5.41) is 10.9. The fourth-order valence-electron chi connectivity index (χ4n) is 1.49. The second kappa shape index (κ2) is 4.52. The first kappa shape index (κ1) is 12.7. The van der Waals surface area contributed by atoms with Crippen LogP contribution in [0.2, 0.25) is 0 Å². The number of nitro groups is 1. The van der Waals surface area contributed by atoms with Crippen molar-refractivity contribution in [3.63, 3.8) is 0 Å². The van der Waals surface area contributed by atoms with E-state index >= 15 is 0 Å². The molecular weight excluding hydrogens is 308 g/mol. The zero-order valence-corrected chi connectivity index (χ0v) is 11.0. The van der Waals surface area contributed by atoms with E-state index in [4.69, 9.17) is 4.74 Å². The van der Waals surface area contributed by atoms with Crippen molar-refractivity contribution in [3.8, 4) is 5.75 Å². The van der Waals surface area contributed by atoms with Crippen molar-refractivity contribution >= 4 is 27.6 Å². The van der Waals surface area contributed by atoms with Gasteiger partial charge in [-0.2, -0.15) is 0 Å². The molecule has 0 amide bonds. The van der Waals surface area contributed by atoms with E-state index in [1.54, 1.807) is 0 Å². The van der Waals surface area contributed by atoms with Crippen LogP contribution >= 0.6 is 15.9 Å². The molecule has 1 aromatic heterocycles. The van der Waals surface area contributed by atoms with Crippen LogP contribution in [0.5, 0.6) is 5.75 Å². The van der Waals surface area contributed by atoms with Gasteiger partial charge in [-0.05, 0) is 15.9 Å². The molecule has 0 aromatic carbocycles. The topological polar surface area (TPSA) is 91.6 Å². The van der Waals surface area contributed by atoms with Crippen molar-refractivity contribution in [1.29, 1.82) is 0 Å². The molecule has 0 radical (unpaired) electrons. The largest absolute Gasteiger partial charge is 0.467 e. The van der Waals surface area contributed by atoms with Crippen LogP contribution < -0.4 is 4.74 Å². The molecule has 0 bridgehead atoms. The Bertz CT molecular complexity index is 515. The zero-order valence-electron chi connectivity index (χ0n) is 9.38. The van der Waals surface area contributed by atoms with Gasteiger partial charge in [0.1, 0.15) is 4.60 Å². The molecule has 1 saturated carbocycles. The summed E-state index contributed by atoms with van der Waals surface area (Å²) in [6.45, 7) is 0. The monoisotopic (exact) mass is 316 g/mol. The molecule has 0 N–H and O–H groups in total. The normalized spacial score (nSPS) is 15.9. The zero-order chi connectivity index (χ0) is 13.3. The lowest BCUT2D eigenvalue weighted by molar-refractivity contribution is -0.386. The van der Waals surface area contributed by atoms with Crippen LogP contribution in [0, 0.1) is 10.1 Å². The number of aromatic nitrogens is 1. The van der Waals surface area contributed by atoms with Crippen LogP contribution in [0.4, 0.5) is 5.69 Å². The molecule has 0 unspecified atom stereocenters. The van der Waals surface area contributed by atoms with Crippen LogP contribution in [-0.2, 0) is 9.53 Å². The van der Waals surface area contributed by atoms with Crippen LogP contribution in [0.3, 0.4) is 0 Å². The minimum Gasteiger partial charge on any atom is -0.467 e. The van der Waals surface area contributed by atoms with Crippen molar-refractivity contribution in [2.45, 2.75) is 18.4 Å². The third kappa shape index (κ3) is 2.28. The fourth-order valence-corrected chi connectivity index (χ4v) is 1.81. The number of carbonyl (C=O) groups excluding carboxylic acids is 1. The second-order valence-electron chi connectivity index (χ2n) is 3.82. The lowest BCUT2D eigenvalue weighted by Crippen LogP contribution is -2.31. The number of ether oxygens (including phenoxy) is 2. The molecule has 7 nitrogen and oxygen atoms in total. The summed E-state index contributed by atoms with van der Waals surface area (Å²) in [6.07, 6.45) is 2.17. The molecule has 8 heteroatoms. The third-order valence-electron chi connectivity index (χ3n) is 2.58. The second-order valence-corrected chi connectivity index (χ2v) is 4.63. The molecule has 0 saturated heterocycles. The maximum absolute atomic E-state index is 11.5. The molecule has 0 spiro atoms. The van der Waals surface area contributed by atoms with Crippen LogP contribution in [-0.4, -0.2) is 28.6 Å². The maximum atomic E-state index is 11.5. The van der Waals surface area contributed by atoms with E-state index in [1.807, 2.05) is 0 Å². The molecule has 0 atom stereocenters. The van der Waals surface area contributed by atoms with Crippen molar-refractivity contribution < 1.29 is 19.2 Å². The first-order chi connectivity index (χ1) is 8.48. The highest BCUT2D eigenvalue weighted by Crippen LogP contribution is 2.43. The number of hydrogen-bond donors (Lipinski definition) is 0. The van der Waals surface area contributed by atoms with Crippen molar-refractivity contribution in [1.82, 2.24) is 4.98 Å². The van der Waals surface area contributed by atoms with E-state index in [0.717, 1.165) is 0 Å². The van der Waals surface area contributed by atoms with Gasteiger partial charge in [0.15, 0.2) is 0 Å². The Balaban J connectivity index is 2.30. The number of esters is 1. The summed E-state index contributed by atoms with van der Waals surface area (Å²) in [4.78, 5) is 25.6. The van der Waals surface area contributed by atoms with E-state index in [-0.39, 0.29) is 11.4 Å². The number of carbonyl (C=O) groups is 1. The Labute approximate surface area is 110 Å². The number of rotatable bonds is 4. The first-order valence-corrected chi connectivity index (χ1v) is 5.85. The SMILES string of the molecule is COC(=O)C1(Oc2cnc(Br)cc2[N+](=O)[O-])CC1. The fraction of sp³-hybridized carbons (Fsp3) is 0.400. The lowest BCUT2D eigenvalue weighted by Gasteiger charge is -2.15. The highest BCUT2D eigenvalue weighted by molar-refractivity contribution is 9.10. The Morgan fingerprint density at radius 1 is 1.61 bits per heavy atom. The van der Waals surface area contributed by atoms with E-state index in [0.29, 0.717) is 17.4 Å². The van der Waals surface area contributed by atoms with Gasteiger partial charge >= 0.3 is 11.7 Å². The van der Waals surface area contributed by atoms with Gasteiger partial charge in [-0.1, -0.05) is 0 Å². The predicted octanol–water partition coefficient (Wildman–Crippen LogP) is 1.84. The Kier molecular flexibility index (Phi) is 3.20. The highest BCUT2D eigenvalue weighted by Gasteiger charge is 2.55. The average Bonchev–Trinajstić information content (AvgIpc) is 3.11. The lowest BCUT2D eigenvalue weighted by atomic mass is 10.3. The van der Waals surface area contributed by atoms with Crippen LogP contribution in [0.25, 0.3) is 0 Å². The number of nitrogens with zero attached hydrogens (tertiary/aromatic N) is 2. The van der Waals surface area contributed by atoms with Crippen molar-refractivity contribution in [2.24, 2.45) is 0 Å². The van der Waals surface area contributed by atoms with Gasteiger partial charge in [0.2, 0.25) is 11.4 Å². The van der Waals surface area contributed by atoms with Gasteiger partial charge in [0, 0.05) is 12.8 Å². The quantitative estimate of drug-likeness (QED) is 0.364. The third-order valence-corrected chi connectivity index (χ3v) is 3.01. The predicted molar refractivity (Wildman–Crippen MR) is 63.2 cm³/mol. The van der Waals surface area contributed by atoms with Crippen molar-refractivity contribution in [2.75, 3.05) is 7.11 Å². The summed E-state index contributed by atoms with van der Waals surface area (Å²) in [7, 11) is 1.25. The smallest absolute Gasteiger partial charge is 0.350 e. The summed E-state index contributed by atoms with van der Waals surface area (Å²) < 4.78 is 10.3. The molecule has 1 aromatic rings. The first-order valence-electron chi connectivity index (χ1n) is 5.06. The number of halogens is 1. The Hall–Kier alpha value is -1.70. The summed E-state index contributed by atoms with van der Waals surface area (Å²) in [5.74, 6) is -0.564. The van der Waals surface area contributed by atoms with Gasteiger partial charge in [0.25, 0.3) is 0 Å². The van der Waals surface area contributed by atoms with E-state index < -0.39 is 16.5 Å². The van der Waals surface area contributed by atoms with Gasteiger partial charge in [-0.3, -0.25) is 10.1 Å². The number of pyridine rings is 1. The molecule has 2 rings (SSSR count). The van der Waals surface area contributed by atoms with Gasteiger partial charge in [-0.25, -0.2) is 9.78 Å². The minimum absolute atomic E-state index is 0.0360. The van der Waals surface area contributed by atoms with E-state index in [2.05, 4.69) is 25.7 Å². The van der Waals surface area contributed by atoms with Crippen molar-refractivity contribution in [3.05, 3.63) is 27.0 Å². The summed E-state index contributed by atoms with van der Waals surface area (Å²) in [6, 6.07) is 1.22. The Morgan fingerprint density at radius 3 is 2.78 bits per heavy atom. The number of hydrogen-bond acceptors (Lipinski definition) is 6. The van der Waals surface area contributed by atoms with Gasteiger partial charge in [0.05, 0.1) is 24.3 Å². The molecule has 0 aliphatic heterocycles. The average molecular weight is 317 g/mol. The molecule has 1 fully saturated rings. The molecule has 1 aliphatic rings. The van der Waals surface area contributed by atoms with E-state index in [9.17, 15) is 14.9 Å². The molecule has 1 aliphatic carbocycles. The minimum atomic E-state index is -1.09. The Morgan fingerprint density at radius 2 is 2.28 bits per heavy atom. The van der Waals surface area contributed by atoms with Crippen LogP contribution in [0.1, 0.15) is 12.8 Å². The van der Waals surface area contributed by atoms with E-state index in [1.165, 1.54) is 19.4 Å². The molecule has 18 heavy (non-hydrogen) atoms. The molecular formula is C10H9BrN2O5.